The van der Waals surface area contributed by atoms with Gasteiger partial charge in [0.15, 0.2) is 0 Å². The second-order valence-electron chi connectivity index (χ2n) is 5.08. The Bertz CT molecular complexity index is 427. The molecule has 7 nitrogen and oxygen atoms in total. The summed E-state index contributed by atoms with van der Waals surface area (Å²) >= 11 is 0. The van der Waals surface area contributed by atoms with Gasteiger partial charge in [-0.05, 0) is 44.6 Å². The first-order valence-electron chi connectivity index (χ1n) is 7.79. The monoisotopic (exact) mass is 407 g/mol. The van der Waals surface area contributed by atoms with Crippen LogP contribution in [0.25, 0.3) is 0 Å². The summed E-state index contributed by atoms with van der Waals surface area (Å²) in [5.41, 5.74) is 0.831. The van der Waals surface area contributed by atoms with Crippen molar-refractivity contribution < 1.29 is 32.3 Å². The zero-order valence-electron chi connectivity index (χ0n) is 16.0. The summed E-state index contributed by atoms with van der Waals surface area (Å²) in [6.07, 6.45) is 1.25. The molecular formula is C17H35O7Si2. The summed E-state index contributed by atoms with van der Waals surface area (Å²) in [4.78, 5) is 21.6. The summed E-state index contributed by atoms with van der Waals surface area (Å²) in [6, 6.07) is 0.611. The molecule has 26 heavy (non-hydrogen) atoms. The molecule has 0 aliphatic rings. The van der Waals surface area contributed by atoms with Gasteiger partial charge in [0, 0.05) is 38.5 Å². The van der Waals surface area contributed by atoms with Gasteiger partial charge in [0.05, 0.1) is 13.2 Å². The molecule has 0 N–H and O–H groups in total. The maximum Gasteiger partial charge on any atom is 0.500 e. The Balaban J connectivity index is -0.000000453. The second kappa shape index (κ2) is 17.2. The van der Waals surface area contributed by atoms with Crippen LogP contribution in [0.5, 0.6) is 0 Å². The van der Waals surface area contributed by atoms with Gasteiger partial charge in [-0.15, -0.1) is 0 Å². The van der Waals surface area contributed by atoms with Crippen LogP contribution in [0.3, 0.4) is 0 Å². The highest BCUT2D eigenvalue weighted by Gasteiger charge is 2.36. The van der Waals surface area contributed by atoms with E-state index in [2.05, 4.69) is 24.8 Å². The van der Waals surface area contributed by atoms with Gasteiger partial charge in [0.25, 0.3) is 0 Å². The lowest BCUT2D eigenvalue weighted by Gasteiger charge is -2.24. The molecule has 0 aliphatic carbocycles. The molecule has 153 valence electrons. The Hall–Kier alpha value is -1.27. The SMILES string of the molecule is C=C(C)C(=O)OCCC[Si](OC)(OC)OC.[CH2]CCOC(=O)C(=C)C.[SiH4]. The van der Waals surface area contributed by atoms with Crippen molar-refractivity contribution in [3.63, 3.8) is 0 Å². The normalized spacial score (nSPS) is 9.92. The number of hydrogen-bond donors (Lipinski definition) is 0. The van der Waals surface area contributed by atoms with Crippen molar-refractivity contribution in [3.8, 4) is 0 Å². The Kier molecular flexibility index (Phi) is 19.5. The van der Waals surface area contributed by atoms with Crippen LogP contribution in [-0.4, -0.2) is 66.3 Å². The Labute approximate surface area is 163 Å². The van der Waals surface area contributed by atoms with Crippen molar-refractivity contribution >= 4 is 31.7 Å². The van der Waals surface area contributed by atoms with Crippen molar-refractivity contribution in [3.05, 3.63) is 31.2 Å². The molecule has 0 rings (SSSR count). The maximum absolute atomic E-state index is 11.1. The van der Waals surface area contributed by atoms with E-state index in [-0.39, 0.29) is 22.9 Å². The third-order valence-corrected chi connectivity index (χ3v) is 5.70. The lowest BCUT2D eigenvalue weighted by molar-refractivity contribution is -0.139. The Morgan fingerprint density at radius 1 is 0.846 bits per heavy atom. The quantitative estimate of drug-likeness (QED) is 0.221. The van der Waals surface area contributed by atoms with Gasteiger partial charge in [-0.3, -0.25) is 0 Å². The van der Waals surface area contributed by atoms with E-state index < -0.39 is 8.80 Å². The fourth-order valence-corrected chi connectivity index (χ4v) is 3.11. The number of rotatable bonds is 11. The zero-order chi connectivity index (χ0) is 19.9. The third kappa shape index (κ3) is 14.0. The van der Waals surface area contributed by atoms with Gasteiger partial charge in [-0.2, -0.15) is 0 Å². The Morgan fingerprint density at radius 2 is 1.23 bits per heavy atom. The standard InChI is InChI=1S/C10H20O5Si.C7H11O2.H4Si/c1-9(2)10(11)15-7-6-8-16(12-3,13-4)14-5;1-4-5-9-7(8)6(2)3;/h1,6-8H2,2-5H3;1-2,4-5H2,3H3;1H4. The van der Waals surface area contributed by atoms with Crippen molar-refractivity contribution in [2.45, 2.75) is 32.7 Å². The molecule has 0 bridgehead atoms. The lowest BCUT2D eigenvalue weighted by Crippen LogP contribution is -2.42. The van der Waals surface area contributed by atoms with Gasteiger partial charge in [0.1, 0.15) is 0 Å². The first-order chi connectivity index (χ1) is 11.7. The van der Waals surface area contributed by atoms with E-state index in [0.29, 0.717) is 43.2 Å². The number of carbonyl (C=O) groups is 2. The van der Waals surface area contributed by atoms with Gasteiger partial charge >= 0.3 is 20.7 Å². The average molecular weight is 408 g/mol. The van der Waals surface area contributed by atoms with Crippen molar-refractivity contribution in [1.82, 2.24) is 0 Å². The van der Waals surface area contributed by atoms with Crippen LogP contribution in [-0.2, 0) is 32.3 Å². The van der Waals surface area contributed by atoms with Gasteiger partial charge in [-0.1, -0.05) is 13.2 Å². The molecule has 0 aromatic heterocycles. The van der Waals surface area contributed by atoms with Crippen LogP contribution >= 0.6 is 0 Å². The number of hydrogen-bond acceptors (Lipinski definition) is 7. The van der Waals surface area contributed by atoms with Crippen LogP contribution in [0.4, 0.5) is 0 Å². The van der Waals surface area contributed by atoms with Gasteiger partial charge < -0.3 is 22.8 Å². The molecule has 0 atom stereocenters. The first kappa shape index (κ1) is 29.5. The zero-order valence-corrected chi connectivity index (χ0v) is 17.0. The highest BCUT2D eigenvalue weighted by atomic mass is 28.4. The predicted molar refractivity (Wildman–Crippen MR) is 109 cm³/mol. The molecule has 0 amide bonds. The van der Waals surface area contributed by atoms with Crippen molar-refractivity contribution in [2.24, 2.45) is 0 Å². The molecule has 0 aliphatic heterocycles. The smallest absolute Gasteiger partial charge is 0.462 e. The van der Waals surface area contributed by atoms with Crippen LogP contribution < -0.4 is 0 Å². The summed E-state index contributed by atoms with van der Waals surface area (Å²) < 4.78 is 25.3. The third-order valence-electron chi connectivity index (χ3n) is 2.87. The van der Waals surface area contributed by atoms with E-state index >= 15 is 0 Å². The molecule has 0 aromatic rings. The molecule has 0 aromatic carbocycles. The van der Waals surface area contributed by atoms with Gasteiger partial charge in [-0.25, -0.2) is 9.59 Å². The van der Waals surface area contributed by atoms with E-state index in [1.54, 1.807) is 35.2 Å². The van der Waals surface area contributed by atoms with E-state index in [4.69, 9.17) is 18.0 Å². The molecule has 9 heteroatoms. The predicted octanol–water partition coefficient (Wildman–Crippen LogP) is 1.25. The summed E-state index contributed by atoms with van der Waals surface area (Å²) in [5.74, 6) is -0.710. The Morgan fingerprint density at radius 3 is 1.54 bits per heavy atom. The summed E-state index contributed by atoms with van der Waals surface area (Å²) in [5, 5.41) is 0. The summed E-state index contributed by atoms with van der Waals surface area (Å²) in [7, 11) is 2.13. The van der Waals surface area contributed by atoms with Crippen molar-refractivity contribution in [1.29, 1.82) is 0 Å². The lowest BCUT2D eigenvalue weighted by atomic mass is 10.4. The van der Waals surface area contributed by atoms with Gasteiger partial charge in [0.2, 0.25) is 0 Å². The minimum Gasteiger partial charge on any atom is -0.462 e. The molecule has 1 radical (unpaired) electrons. The molecule has 0 unspecified atom stereocenters. The van der Waals surface area contributed by atoms with Crippen LogP contribution in [0.2, 0.25) is 6.04 Å². The van der Waals surface area contributed by atoms with E-state index in [1.165, 1.54) is 0 Å². The van der Waals surface area contributed by atoms with Crippen LogP contribution in [0, 0.1) is 6.92 Å². The summed E-state index contributed by atoms with van der Waals surface area (Å²) in [6.45, 7) is 14.3. The molecule has 0 heterocycles. The average Bonchev–Trinajstić information content (AvgIpc) is 2.60. The molecule has 0 spiro atoms. The van der Waals surface area contributed by atoms with Crippen molar-refractivity contribution in [2.75, 3.05) is 34.5 Å². The van der Waals surface area contributed by atoms with E-state index in [1.807, 2.05) is 0 Å². The topological polar surface area (TPSA) is 80.3 Å². The highest BCUT2D eigenvalue weighted by Crippen LogP contribution is 2.14. The molecule has 0 fully saturated rings. The highest BCUT2D eigenvalue weighted by molar-refractivity contribution is 6.60. The first-order valence-corrected chi connectivity index (χ1v) is 9.72. The number of carbonyl (C=O) groups excluding carboxylic acids is 2. The largest absolute Gasteiger partial charge is 0.500 e. The molecular weight excluding hydrogens is 372 g/mol. The fraction of sp³-hybridized carbons (Fsp3) is 0.588. The van der Waals surface area contributed by atoms with Crippen LogP contribution in [0.15, 0.2) is 24.3 Å². The second-order valence-corrected chi connectivity index (χ2v) is 8.18. The number of ether oxygens (including phenoxy) is 2. The van der Waals surface area contributed by atoms with E-state index in [9.17, 15) is 9.59 Å². The minimum atomic E-state index is -2.53. The van der Waals surface area contributed by atoms with E-state index in [0.717, 1.165) is 0 Å². The minimum absolute atomic E-state index is 0. The maximum atomic E-state index is 11.1. The molecule has 0 saturated carbocycles. The fourth-order valence-electron chi connectivity index (χ4n) is 1.42. The van der Waals surface area contributed by atoms with Crippen LogP contribution in [0.1, 0.15) is 26.7 Å². The molecule has 0 saturated heterocycles. The number of esters is 2.